The highest BCUT2D eigenvalue weighted by Crippen LogP contribution is 2.24. The fraction of sp³-hybridized carbons (Fsp3) is 0.0769. The molecule has 0 aliphatic heterocycles. The van der Waals surface area contributed by atoms with Crippen molar-refractivity contribution in [1.82, 2.24) is 4.98 Å². The number of nitrogens with one attached hydrogen (secondary N) is 2. The number of carbonyl (C=O) groups excluding carboxylic acids is 1. The predicted octanol–water partition coefficient (Wildman–Crippen LogP) is 2.63. The van der Waals surface area contributed by atoms with E-state index in [0.29, 0.717) is 5.69 Å². The lowest BCUT2D eigenvalue weighted by atomic mass is 10.1. The highest BCUT2D eigenvalue weighted by atomic mass is 35.5. The number of hydrogen-bond acceptors (Lipinski definition) is 3. The van der Waals surface area contributed by atoms with Gasteiger partial charge in [0.1, 0.15) is 11.3 Å². The number of aromatic carboxylic acids is 1. The first kappa shape index (κ1) is 14.0. The summed E-state index contributed by atoms with van der Waals surface area (Å²) in [7, 11) is 0. The largest absolute Gasteiger partial charge is 0.507 e. The van der Waals surface area contributed by atoms with Gasteiger partial charge in [0.25, 0.3) is 5.91 Å². The lowest BCUT2D eigenvalue weighted by Crippen LogP contribution is -2.14. The molecule has 4 N–H and O–H groups in total. The van der Waals surface area contributed by atoms with Crippen LogP contribution in [0.25, 0.3) is 0 Å². The third-order valence-electron chi connectivity index (χ3n) is 2.74. The Balaban J connectivity index is 2.33. The van der Waals surface area contributed by atoms with E-state index in [0.717, 1.165) is 0 Å². The van der Waals surface area contributed by atoms with Crippen molar-refractivity contribution in [3.8, 4) is 5.75 Å². The van der Waals surface area contributed by atoms with Crippen molar-refractivity contribution in [3.63, 3.8) is 0 Å². The summed E-state index contributed by atoms with van der Waals surface area (Å²) in [6, 6.07) is 4.03. The van der Waals surface area contributed by atoms with Crippen molar-refractivity contribution in [3.05, 3.63) is 46.2 Å². The summed E-state index contributed by atoms with van der Waals surface area (Å²) >= 11 is 5.76. The van der Waals surface area contributed by atoms with E-state index in [1.807, 2.05) is 0 Å². The lowest BCUT2D eigenvalue weighted by molar-refractivity contribution is 0.0697. The van der Waals surface area contributed by atoms with E-state index in [1.165, 1.54) is 24.4 Å². The van der Waals surface area contributed by atoms with Gasteiger partial charge >= 0.3 is 5.97 Å². The molecule has 6 nitrogen and oxygen atoms in total. The number of rotatable bonds is 3. The van der Waals surface area contributed by atoms with E-state index in [9.17, 15) is 14.7 Å². The SMILES string of the molecule is Cc1[nH]cc(NC(=O)c2cc(Cl)ccc2O)c1C(=O)O. The molecule has 0 unspecified atom stereocenters. The van der Waals surface area contributed by atoms with Crippen LogP contribution in [0.15, 0.2) is 24.4 Å². The predicted molar refractivity (Wildman–Crippen MR) is 73.6 cm³/mol. The van der Waals surface area contributed by atoms with Crippen LogP contribution < -0.4 is 5.32 Å². The molecule has 0 spiro atoms. The number of benzene rings is 1. The Morgan fingerprint density at radius 2 is 2.05 bits per heavy atom. The van der Waals surface area contributed by atoms with Crippen LogP contribution in [0.5, 0.6) is 5.75 Å². The minimum absolute atomic E-state index is 0.0279. The van der Waals surface area contributed by atoms with Gasteiger partial charge in [-0.05, 0) is 25.1 Å². The van der Waals surface area contributed by atoms with E-state index in [2.05, 4.69) is 10.3 Å². The van der Waals surface area contributed by atoms with Crippen molar-refractivity contribution in [2.45, 2.75) is 6.92 Å². The first-order chi connectivity index (χ1) is 9.40. The molecular weight excluding hydrogens is 284 g/mol. The minimum atomic E-state index is -1.16. The Kier molecular flexibility index (Phi) is 3.67. The molecule has 2 aromatic rings. The lowest BCUT2D eigenvalue weighted by Gasteiger charge is -2.07. The van der Waals surface area contributed by atoms with Gasteiger partial charge in [-0.25, -0.2) is 4.79 Å². The van der Waals surface area contributed by atoms with Crippen LogP contribution >= 0.6 is 11.6 Å². The number of amides is 1. The number of hydrogen-bond donors (Lipinski definition) is 4. The zero-order chi connectivity index (χ0) is 14.9. The molecule has 2 rings (SSSR count). The molecule has 1 aromatic heterocycles. The fourth-order valence-electron chi connectivity index (χ4n) is 1.78. The van der Waals surface area contributed by atoms with Gasteiger partial charge in [0.05, 0.1) is 11.3 Å². The second-order valence-corrected chi connectivity index (χ2v) is 4.56. The molecule has 0 aliphatic rings. The molecule has 1 heterocycles. The summed E-state index contributed by atoms with van der Waals surface area (Å²) in [5, 5.41) is 21.4. The summed E-state index contributed by atoms with van der Waals surface area (Å²) in [4.78, 5) is 25.9. The van der Waals surface area contributed by atoms with E-state index in [1.54, 1.807) is 6.92 Å². The van der Waals surface area contributed by atoms with E-state index >= 15 is 0 Å². The monoisotopic (exact) mass is 294 g/mol. The van der Waals surface area contributed by atoms with E-state index in [4.69, 9.17) is 16.7 Å². The normalized spacial score (nSPS) is 10.3. The van der Waals surface area contributed by atoms with Gasteiger partial charge < -0.3 is 20.5 Å². The zero-order valence-corrected chi connectivity index (χ0v) is 11.2. The Morgan fingerprint density at radius 3 is 2.70 bits per heavy atom. The van der Waals surface area contributed by atoms with Crippen molar-refractivity contribution >= 4 is 29.2 Å². The van der Waals surface area contributed by atoms with Crippen LogP contribution in [0.1, 0.15) is 26.4 Å². The van der Waals surface area contributed by atoms with Gasteiger partial charge in [0, 0.05) is 16.9 Å². The fourth-order valence-corrected chi connectivity index (χ4v) is 1.95. The Hall–Kier alpha value is -2.47. The Labute approximate surface area is 119 Å². The van der Waals surface area contributed by atoms with Crippen molar-refractivity contribution in [2.24, 2.45) is 0 Å². The number of phenolic OH excluding ortho intramolecular Hbond substituents is 1. The van der Waals surface area contributed by atoms with Gasteiger partial charge in [0.2, 0.25) is 0 Å². The van der Waals surface area contributed by atoms with Crippen LogP contribution in [0.3, 0.4) is 0 Å². The molecule has 0 atom stereocenters. The molecule has 0 fully saturated rings. The highest BCUT2D eigenvalue weighted by molar-refractivity contribution is 6.31. The standard InChI is InChI=1S/C13H11ClN2O4/c1-6-11(13(19)20)9(5-15-6)16-12(18)8-4-7(14)2-3-10(8)17/h2-5,15,17H,1H3,(H,16,18)(H,19,20). The number of H-pyrrole nitrogens is 1. The Morgan fingerprint density at radius 1 is 1.35 bits per heavy atom. The third-order valence-corrected chi connectivity index (χ3v) is 2.98. The summed E-state index contributed by atoms with van der Waals surface area (Å²) in [6.45, 7) is 1.58. The molecule has 0 saturated heterocycles. The molecule has 104 valence electrons. The number of carbonyl (C=O) groups is 2. The number of phenols is 1. The summed E-state index contributed by atoms with van der Waals surface area (Å²) in [5.41, 5.74) is 0.482. The van der Waals surface area contributed by atoms with Crippen LogP contribution in [0.2, 0.25) is 5.02 Å². The summed E-state index contributed by atoms with van der Waals surface area (Å²) in [6.07, 6.45) is 1.37. The third kappa shape index (κ3) is 2.60. The molecule has 0 radical (unpaired) electrons. The van der Waals surface area contributed by atoms with Gasteiger partial charge in [-0.3, -0.25) is 4.79 Å². The maximum atomic E-state index is 12.0. The van der Waals surface area contributed by atoms with Crippen LogP contribution in [-0.4, -0.2) is 27.1 Å². The first-order valence-electron chi connectivity index (χ1n) is 5.61. The van der Waals surface area contributed by atoms with Crippen LogP contribution in [0.4, 0.5) is 5.69 Å². The number of carboxylic acid groups (broad SMARTS) is 1. The second-order valence-electron chi connectivity index (χ2n) is 4.12. The maximum absolute atomic E-state index is 12.0. The van der Waals surface area contributed by atoms with Gasteiger partial charge in [-0.1, -0.05) is 11.6 Å². The van der Waals surface area contributed by atoms with Crippen molar-refractivity contribution in [1.29, 1.82) is 0 Å². The molecule has 0 bridgehead atoms. The number of aryl methyl sites for hydroxylation is 1. The quantitative estimate of drug-likeness (QED) is 0.698. The average molecular weight is 295 g/mol. The summed E-state index contributed by atoms with van der Waals surface area (Å²) in [5.74, 6) is -2.04. The second kappa shape index (κ2) is 5.26. The topological polar surface area (TPSA) is 102 Å². The van der Waals surface area contributed by atoms with Crippen molar-refractivity contribution < 1.29 is 19.8 Å². The summed E-state index contributed by atoms with van der Waals surface area (Å²) < 4.78 is 0. The minimum Gasteiger partial charge on any atom is -0.507 e. The van der Waals surface area contributed by atoms with Crippen LogP contribution in [0, 0.1) is 6.92 Å². The molecular formula is C13H11ClN2O4. The average Bonchev–Trinajstić information content (AvgIpc) is 2.73. The zero-order valence-electron chi connectivity index (χ0n) is 10.4. The molecule has 0 saturated carbocycles. The number of anilines is 1. The number of aromatic nitrogens is 1. The van der Waals surface area contributed by atoms with E-state index < -0.39 is 11.9 Å². The number of carboxylic acids is 1. The molecule has 7 heteroatoms. The first-order valence-corrected chi connectivity index (χ1v) is 5.99. The molecule has 20 heavy (non-hydrogen) atoms. The maximum Gasteiger partial charge on any atom is 0.339 e. The number of halogens is 1. The molecule has 0 aliphatic carbocycles. The van der Waals surface area contributed by atoms with E-state index in [-0.39, 0.29) is 27.6 Å². The number of aromatic hydroxyl groups is 1. The van der Waals surface area contributed by atoms with Gasteiger partial charge in [-0.15, -0.1) is 0 Å². The molecule has 1 amide bonds. The Bertz CT molecular complexity index is 694. The van der Waals surface area contributed by atoms with Crippen molar-refractivity contribution in [2.75, 3.05) is 5.32 Å². The highest BCUT2D eigenvalue weighted by Gasteiger charge is 2.19. The molecule has 1 aromatic carbocycles. The van der Waals surface area contributed by atoms with Gasteiger partial charge in [0.15, 0.2) is 0 Å². The van der Waals surface area contributed by atoms with Gasteiger partial charge in [-0.2, -0.15) is 0 Å². The number of aromatic amines is 1. The van der Waals surface area contributed by atoms with Crippen LogP contribution in [-0.2, 0) is 0 Å². The smallest absolute Gasteiger partial charge is 0.339 e.